The number of amides is 1. The van der Waals surface area contributed by atoms with E-state index in [9.17, 15) is 4.79 Å². The number of nitrogens with zero attached hydrogens (tertiary/aromatic N) is 5. The van der Waals surface area contributed by atoms with Crippen molar-refractivity contribution in [3.05, 3.63) is 36.4 Å². The minimum atomic E-state index is -0.232. The summed E-state index contributed by atoms with van der Waals surface area (Å²) >= 11 is 0. The third-order valence-corrected chi connectivity index (χ3v) is 4.95. The zero-order chi connectivity index (χ0) is 17.3. The zero-order valence-electron chi connectivity index (χ0n) is 14.3. The van der Waals surface area contributed by atoms with Crippen LogP contribution in [0.1, 0.15) is 29.6 Å². The Morgan fingerprint density at radius 2 is 2.24 bits per heavy atom. The Kier molecular flexibility index (Phi) is 4.12. The molecule has 2 aliphatic heterocycles. The lowest BCUT2D eigenvalue weighted by atomic mass is 9.89. The smallest absolute Gasteiger partial charge is 0.254 e. The van der Waals surface area contributed by atoms with E-state index >= 15 is 0 Å². The van der Waals surface area contributed by atoms with E-state index in [0.717, 1.165) is 38.3 Å². The van der Waals surface area contributed by atoms with Gasteiger partial charge in [-0.2, -0.15) is 5.10 Å². The molecule has 8 nitrogen and oxygen atoms in total. The third-order valence-electron chi connectivity index (χ3n) is 4.95. The summed E-state index contributed by atoms with van der Waals surface area (Å²) in [5.74, 6) is 0.667. The molecule has 8 heteroatoms. The van der Waals surface area contributed by atoms with Crippen LogP contribution in [0.2, 0.25) is 0 Å². The normalized spacial score (nSPS) is 26.1. The molecule has 25 heavy (non-hydrogen) atoms. The van der Waals surface area contributed by atoms with E-state index < -0.39 is 0 Å². The molecule has 0 aromatic carbocycles. The Balaban J connectivity index is 1.40. The molecule has 4 rings (SSSR count). The van der Waals surface area contributed by atoms with Crippen molar-refractivity contribution in [2.24, 2.45) is 7.05 Å². The molecule has 2 aromatic rings. The molecule has 2 aliphatic rings. The van der Waals surface area contributed by atoms with E-state index in [1.807, 2.05) is 6.07 Å². The molecular weight excluding hydrogens is 320 g/mol. The van der Waals surface area contributed by atoms with Crippen LogP contribution in [0.25, 0.3) is 0 Å². The van der Waals surface area contributed by atoms with E-state index in [2.05, 4.69) is 25.3 Å². The third kappa shape index (κ3) is 3.34. The van der Waals surface area contributed by atoms with Crippen LogP contribution in [0.15, 0.2) is 30.9 Å². The van der Waals surface area contributed by atoms with E-state index in [4.69, 9.17) is 4.74 Å². The van der Waals surface area contributed by atoms with Gasteiger partial charge in [-0.1, -0.05) is 0 Å². The number of hydrogen-bond donors (Lipinski definition) is 1. The summed E-state index contributed by atoms with van der Waals surface area (Å²) in [6, 6.07) is 1.93. The van der Waals surface area contributed by atoms with Gasteiger partial charge >= 0.3 is 0 Å². The number of aromatic nitrogens is 4. The molecule has 0 unspecified atom stereocenters. The van der Waals surface area contributed by atoms with E-state index in [1.54, 1.807) is 36.5 Å². The van der Waals surface area contributed by atoms with Gasteiger partial charge in [0.05, 0.1) is 23.9 Å². The Morgan fingerprint density at radius 3 is 3.00 bits per heavy atom. The summed E-state index contributed by atoms with van der Waals surface area (Å²) in [7, 11) is 1.80. The summed E-state index contributed by atoms with van der Waals surface area (Å²) < 4.78 is 7.77. The predicted molar refractivity (Wildman–Crippen MR) is 91.2 cm³/mol. The van der Waals surface area contributed by atoms with Gasteiger partial charge in [-0.05, 0) is 25.3 Å². The Morgan fingerprint density at radius 1 is 1.40 bits per heavy atom. The molecule has 2 aromatic heterocycles. The maximum absolute atomic E-state index is 12.4. The molecule has 4 heterocycles. The van der Waals surface area contributed by atoms with Crippen LogP contribution >= 0.6 is 0 Å². The van der Waals surface area contributed by atoms with Crippen molar-refractivity contribution in [3.8, 4) is 0 Å². The Hall–Kier alpha value is -2.48. The fourth-order valence-corrected chi connectivity index (χ4v) is 3.71. The number of rotatable bonds is 3. The summed E-state index contributed by atoms with van der Waals surface area (Å²) in [6.45, 7) is 2.28. The molecule has 1 N–H and O–H groups in total. The molecule has 0 saturated carbocycles. The highest BCUT2D eigenvalue weighted by Crippen LogP contribution is 2.35. The van der Waals surface area contributed by atoms with Gasteiger partial charge < -0.3 is 15.0 Å². The number of hydrogen-bond acceptors (Lipinski definition) is 6. The van der Waals surface area contributed by atoms with Gasteiger partial charge in [0, 0.05) is 44.8 Å². The number of ether oxygens (including phenoxy) is 1. The zero-order valence-corrected chi connectivity index (χ0v) is 14.3. The summed E-state index contributed by atoms with van der Waals surface area (Å²) in [5, 5.41) is 7.19. The van der Waals surface area contributed by atoms with Gasteiger partial charge in [0.25, 0.3) is 5.91 Å². The summed E-state index contributed by atoms with van der Waals surface area (Å²) in [4.78, 5) is 23.2. The lowest BCUT2D eigenvalue weighted by Gasteiger charge is -2.38. The van der Waals surface area contributed by atoms with Gasteiger partial charge in [-0.15, -0.1) is 0 Å². The highest BCUT2D eigenvalue weighted by molar-refractivity contribution is 5.93. The van der Waals surface area contributed by atoms with Crippen LogP contribution in [-0.4, -0.2) is 57.0 Å². The molecule has 2 atom stereocenters. The summed E-state index contributed by atoms with van der Waals surface area (Å²) in [6.07, 6.45) is 9.39. The Bertz CT molecular complexity index is 749. The molecule has 2 saturated heterocycles. The molecule has 2 fully saturated rings. The molecule has 0 aliphatic carbocycles. The number of nitrogens with one attached hydrogen (secondary N) is 1. The lowest BCUT2D eigenvalue weighted by Crippen LogP contribution is -2.50. The highest BCUT2D eigenvalue weighted by atomic mass is 16.5. The first kappa shape index (κ1) is 16.0. The van der Waals surface area contributed by atoms with Gasteiger partial charge in [0.15, 0.2) is 0 Å². The first-order valence-corrected chi connectivity index (χ1v) is 8.59. The minimum Gasteiger partial charge on any atom is -0.373 e. The second kappa shape index (κ2) is 6.44. The quantitative estimate of drug-likeness (QED) is 0.887. The van der Waals surface area contributed by atoms with Crippen LogP contribution in [-0.2, 0) is 11.8 Å². The first-order valence-electron chi connectivity index (χ1n) is 8.59. The highest BCUT2D eigenvalue weighted by Gasteiger charge is 2.44. The molecule has 1 spiro atoms. The molecule has 1 amide bonds. The number of aryl methyl sites for hydroxylation is 1. The van der Waals surface area contributed by atoms with Crippen molar-refractivity contribution < 1.29 is 9.53 Å². The van der Waals surface area contributed by atoms with Crippen molar-refractivity contribution in [1.29, 1.82) is 0 Å². The topological polar surface area (TPSA) is 85.2 Å². The predicted octanol–water partition coefficient (Wildman–Crippen LogP) is 0.768. The van der Waals surface area contributed by atoms with E-state index in [-0.39, 0.29) is 17.6 Å². The average Bonchev–Trinajstić information content (AvgIpc) is 3.23. The second-order valence-corrected chi connectivity index (χ2v) is 6.82. The maximum atomic E-state index is 12.4. The number of carbonyl (C=O) groups excluding carboxylic acids is 1. The van der Waals surface area contributed by atoms with Crippen LogP contribution in [0.4, 0.5) is 5.95 Å². The van der Waals surface area contributed by atoms with E-state index in [0.29, 0.717) is 12.2 Å². The van der Waals surface area contributed by atoms with Gasteiger partial charge in [-0.3, -0.25) is 9.48 Å². The SMILES string of the molecule is Cn1cc(C(=O)N[C@@H]2CCO[C@]3(CCN(c4ncccn4)C3)C2)cn1. The van der Waals surface area contributed by atoms with Gasteiger partial charge in [0.1, 0.15) is 0 Å². The first-order chi connectivity index (χ1) is 12.1. The minimum absolute atomic E-state index is 0.0728. The van der Waals surface area contributed by atoms with Crippen molar-refractivity contribution in [2.45, 2.75) is 30.9 Å². The average molecular weight is 342 g/mol. The lowest BCUT2D eigenvalue weighted by molar-refractivity contribution is -0.0721. The molecule has 132 valence electrons. The van der Waals surface area contributed by atoms with Crippen LogP contribution in [0.5, 0.6) is 0 Å². The standard InChI is InChI=1S/C17H22N6O2/c1-22-11-13(10-20-22)15(24)21-14-3-8-25-17(9-14)4-7-23(12-17)16-18-5-2-6-19-16/h2,5-6,10-11,14H,3-4,7-9,12H2,1H3,(H,21,24)/t14-,17-/m1/s1. The number of anilines is 1. The molecule has 0 bridgehead atoms. The van der Waals surface area contributed by atoms with Crippen LogP contribution in [0, 0.1) is 0 Å². The van der Waals surface area contributed by atoms with Crippen LogP contribution < -0.4 is 10.2 Å². The second-order valence-electron chi connectivity index (χ2n) is 6.82. The fraction of sp³-hybridized carbons (Fsp3) is 0.529. The maximum Gasteiger partial charge on any atom is 0.254 e. The van der Waals surface area contributed by atoms with Crippen molar-refractivity contribution in [1.82, 2.24) is 25.1 Å². The monoisotopic (exact) mass is 342 g/mol. The molecular formula is C17H22N6O2. The van der Waals surface area contributed by atoms with Crippen LogP contribution in [0.3, 0.4) is 0 Å². The number of carbonyl (C=O) groups is 1. The largest absolute Gasteiger partial charge is 0.373 e. The van der Waals surface area contributed by atoms with Crippen molar-refractivity contribution in [2.75, 3.05) is 24.6 Å². The summed E-state index contributed by atoms with van der Waals surface area (Å²) in [5.41, 5.74) is 0.360. The fourth-order valence-electron chi connectivity index (χ4n) is 3.71. The van der Waals surface area contributed by atoms with Gasteiger partial charge in [-0.25, -0.2) is 9.97 Å². The molecule has 0 radical (unpaired) electrons. The van der Waals surface area contributed by atoms with E-state index in [1.165, 1.54) is 0 Å². The van der Waals surface area contributed by atoms with Gasteiger partial charge in [0.2, 0.25) is 5.95 Å². The Labute approximate surface area is 146 Å². The van der Waals surface area contributed by atoms with Crippen molar-refractivity contribution in [3.63, 3.8) is 0 Å². The van der Waals surface area contributed by atoms with Crippen molar-refractivity contribution >= 4 is 11.9 Å².